The highest BCUT2D eigenvalue weighted by Crippen LogP contribution is 2.29. The summed E-state index contributed by atoms with van der Waals surface area (Å²) in [7, 11) is 0. The van der Waals surface area contributed by atoms with Crippen molar-refractivity contribution in [3.63, 3.8) is 0 Å². The van der Waals surface area contributed by atoms with Crippen LogP contribution in [0.25, 0.3) is 0 Å². The van der Waals surface area contributed by atoms with Crippen LogP contribution in [0.4, 0.5) is 0 Å². The van der Waals surface area contributed by atoms with Crippen LogP contribution >= 0.6 is 11.8 Å². The number of nitrogens with zero attached hydrogens (tertiary/aromatic N) is 1. The predicted octanol–water partition coefficient (Wildman–Crippen LogP) is 1.78. The van der Waals surface area contributed by atoms with Crippen molar-refractivity contribution < 1.29 is 5.21 Å². The minimum absolute atomic E-state index is 0.0142. The summed E-state index contributed by atoms with van der Waals surface area (Å²) in [6, 6.07) is 0.537. The number of oxime groups is 1. The number of hydrogen-bond acceptors (Lipinski definition) is 4. The highest BCUT2D eigenvalue weighted by atomic mass is 32.2. The van der Waals surface area contributed by atoms with Crippen molar-refractivity contribution in [3.8, 4) is 0 Å². The van der Waals surface area contributed by atoms with E-state index in [2.05, 4.69) is 17.4 Å². The van der Waals surface area contributed by atoms with E-state index in [0.29, 0.717) is 11.9 Å². The first-order valence-corrected chi connectivity index (χ1v) is 7.11. The Hall–Kier alpha value is -0.420. The van der Waals surface area contributed by atoms with Gasteiger partial charge in [-0.1, -0.05) is 19.0 Å². The van der Waals surface area contributed by atoms with Gasteiger partial charge in [0.1, 0.15) is 0 Å². The van der Waals surface area contributed by atoms with Crippen molar-refractivity contribution in [1.29, 1.82) is 0 Å². The molecule has 94 valence electrons. The van der Waals surface area contributed by atoms with Crippen LogP contribution in [-0.2, 0) is 0 Å². The summed E-state index contributed by atoms with van der Waals surface area (Å²) in [6.07, 6.45) is 4.54. The van der Waals surface area contributed by atoms with Crippen molar-refractivity contribution in [1.82, 2.24) is 5.32 Å². The molecule has 0 bridgehead atoms. The molecule has 1 rings (SSSR count). The smallest absolute Gasteiger partial charge is 0.156 e. The third-order valence-electron chi connectivity index (χ3n) is 3.10. The Morgan fingerprint density at radius 3 is 2.88 bits per heavy atom. The van der Waals surface area contributed by atoms with E-state index in [-0.39, 0.29) is 6.04 Å². The Balaban J connectivity index is 2.37. The molecule has 3 atom stereocenters. The Bertz CT molecular complexity index is 235. The number of amidine groups is 1. The quantitative estimate of drug-likeness (QED) is 0.289. The summed E-state index contributed by atoms with van der Waals surface area (Å²) in [5, 5.41) is 16.0. The minimum Gasteiger partial charge on any atom is -0.409 e. The molecule has 0 aromatic rings. The van der Waals surface area contributed by atoms with Gasteiger partial charge < -0.3 is 16.3 Å². The van der Waals surface area contributed by atoms with Crippen LogP contribution in [-0.4, -0.2) is 34.1 Å². The van der Waals surface area contributed by atoms with Gasteiger partial charge in [0.15, 0.2) is 5.84 Å². The van der Waals surface area contributed by atoms with Crippen molar-refractivity contribution in [2.75, 3.05) is 5.75 Å². The number of thioether (sulfide) groups is 1. The highest BCUT2D eigenvalue weighted by molar-refractivity contribution is 7.99. The van der Waals surface area contributed by atoms with Gasteiger partial charge in [0, 0.05) is 11.3 Å². The van der Waals surface area contributed by atoms with E-state index < -0.39 is 0 Å². The second-order valence-corrected chi connectivity index (χ2v) is 5.82. The first-order chi connectivity index (χ1) is 7.71. The molecule has 0 amide bonds. The summed E-state index contributed by atoms with van der Waals surface area (Å²) < 4.78 is 0. The van der Waals surface area contributed by atoms with Gasteiger partial charge >= 0.3 is 0 Å². The van der Waals surface area contributed by atoms with Crippen molar-refractivity contribution in [2.24, 2.45) is 10.9 Å². The molecular formula is C11H23N3OS. The first kappa shape index (κ1) is 13.6. The fraction of sp³-hybridized carbons (Fsp3) is 0.909. The Labute approximate surface area is 102 Å². The van der Waals surface area contributed by atoms with Crippen molar-refractivity contribution in [3.05, 3.63) is 0 Å². The van der Waals surface area contributed by atoms with E-state index >= 15 is 0 Å². The molecule has 1 aliphatic rings. The Morgan fingerprint density at radius 2 is 2.31 bits per heavy atom. The van der Waals surface area contributed by atoms with Crippen molar-refractivity contribution in [2.45, 2.75) is 56.9 Å². The van der Waals surface area contributed by atoms with Gasteiger partial charge in [0.05, 0.1) is 6.04 Å². The molecule has 1 fully saturated rings. The van der Waals surface area contributed by atoms with E-state index in [9.17, 15) is 0 Å². The van der Waals surface area contributed by atoms with Gasteiger partial charge in [0.2, 0.25) is 0 Å². The maximum Gasteiger partial charge on any atom is 0.156 e. The molecule has 3 unspecified atom stereocenters. The average Bonchev–Trinajstić information content (AvgIpc) is 2.73. The summed E-state index contributed by atoms with van der Waals surface area (Å²) in [5.41, 5.74) is 5.63. The van der Waals surface area contributed by atoms with Crippen LogP contribution in [0.2, 0.25) is 0 Å². The number of nitrogens with two attached hydrogens (primary N) is 1. The lowest BCUT2D eigenvalue weighted by atomic mass is 10.1. The fourth-order valence-corrected chi connectivity index (χ4v) is 3.39. The van der Waals surface area contributed by atoms with Gasteiger partial charge in [-0.3, -0.25) is 0 Å². The van der Waals surface area contributed by atoms with E-state index in [1.54, 1.807) is 0 Å². The van der Waals surface area contributed by atoms with Gasteiger partial charge in [-0.25, -0.2) is 0 Å². The highest BCUT2D eigenvalue weighted by Gasteiger charge is 2.26. The summed E-state index contributed by atoms with van der Waals surface area (Å²) in [5.74, 6) is 1.49. The molecule has 16 heavy (non-hydrogen) atoms. The lowest BCUT2D eigenvalue weighted by Crippen LogP contribution is -2.45. The monoisotopic (exact) mass is 245 g/mol. The predicted molar refractivity (Wildman–Crippen MR) is 70.2 cm³/mol. The Morgan fingerprint density at radius 1 is 1.56 bits per heavy atom. The molecule has 0 heterocycles. The van der Waals surface area contributed by atoms with Gasteiger partial charge in [-0.15, -0.1) is 0 Å². The SMILES string of the molecule is CCSC1CCC(NC(CC)C(N)=NO)C1. The van der Waals surface area contributed by atoms with Crippen molar-refractivity contribution >= 4 is 17.6 Å². The van der Waals surface area contributed by atoms with Gasteiger partial charge in [-0.05, 0) is 31.4 Å². The van der Waals surface area contributed by atoms with E-state index in [1.807, 2.05) is 18.7 Å². The molecular weight excluding hydrogens is 222 g/mol. The summed E-state index contributed by atoms with van der Waals surface area (Å²) >= 11 is 2.04. The van der Waals surface area contributed by atoms with Crippen LogP contribution < -0.4 is 11.1 Å². The zero-order chi connectivity index (χ0) is 12.0. The van der Waals surface area contributed by atoms with Crippen LogP contribution in [0.3, 0.4) is 0 Å². The molecule has 0 aliphatic heterocycles. The average molecular weight is 245 g/mol. The molecule has 4 nitrogen and oxygen atoms in total. The van der Waals surface area contributed by atoms with Gasteiger partial charge in [-0.2, -0.15) is 11.8 Å². The van der Waals surface area contributed by atoms with Crippen LogP contribution in [0.5, 0.6) is 0 Å². The maximum atomic E-state index is 8.67. The van der Waals surface area contributed by atoms with Crippen LogP contribution in [0.15, 0.2) is 5.16 Å². The largest absolute Gasteiger partial charge is 0.409 e. The zero-order valence-electron chi connectivity index (χ0n) is 10.1. The molecule has 1 saturated carbocycles. The van der Waals surface area contributed by atoms with Crippen LogP contribution in [0.1, 0.15) is 39.5 Å². The topological polar surface area (TPSA) is 70.6 Å². The molecule has 1 aliphatic carbocycles. The zero-order valence-corrected chi connectivity index (χ0v) is 11.0. The van der Waals surface area contributed by atoms with E-state index in [1.165, 1.54) is 25.0 Å². The third kappa shape index (κ3) is 3.87. The molecule has 0 spiro atoms. The third-order valence-corrected chi connectivity index (χ3v) is 4.34. The van der Waals surface area contributed by atoms with E-state index in [4.69, 9.17) is 10.9 Å². The molecule has 0 saturated heterocycles. The molecule has 4 N–H and O–H groups in total. The second kappa shape index (κ2) is 7.01. The maximum absolute atomic E-state index is 8.67. The molecule has 0 aromatic carbocycles. The number of rotatable bonds is 6. The molecule has 5 heteroatoms. The second-order valence-electron chi connectivity index (χ2n) is 4.24. The molecule has 0 aromatic heterocycles. The summed E-state index contributed by atoms with van der Waals surface area (Å²) in [6.45, 7) is 4.25. The number of hydrogen-bond donors (Lipinski definition) is 3. The Kier molecular flexibility index (Phi) is 5.98. The van der Waals surface area contributed by atoms with Crippen LogP contribution in [0, 0.1) is 0 Å². The van der Waals surface area contributed by atoms with E-state index in [0.717, 1.165) is 11.7 Å². The number of nitrogens with one attached hydrogen (secondary N) is 1. The first-order valence-electron chi connectivity index (χ1n) is 6.06. The lowest BCUT2D eigenvalue weighted by molar-refractivity contribution is 0.313. The fourth-order valence-electron chi connectivity index (χ4n) is 2.25. The minimum atomic E-state index is 0.0142. The normalized spacial score (nSPS) is 28.2. The molecule has 0 radical (unpaired) electrons. The standard InChI is InChI=1S/C11H23N3OS/c1-3-10(11(12)14-15)13-8-5-6-9(7-8)16-4-2/h8-10,13,15H,3-7H2,1-2H3,(H2,12,14). The summed E-state index contributed by atoms with van der Waals surface area (Å²) in [4.78, 5) is 0. The lowest BCUT2D eigenvalue weighted by Gasteiger charge is -2.20. The van der Waals surface area contributed by atoms with Gasteiger partial charge in [0.25, 0.3) is 0 Å².